The molecule has 0 unspecified atom stereocenters. The van der Waals surface area contributed by atoms with E-state index in [2.05, 4.69) is 0 Å². The van der Waals surface area contributed by atoms with Gasteiger partial charge < -0.3 is 18.6 Å². The summed E-state index contributed by atoms with van der Waals surface area (Å²) in [6, 6.07) is 8.15. The second-order valence-corrected chi connectivity index (χ2v) is 9.12. The molecule has 4 aromatic rings. The van der Waals surface area contributed by atoms with Crippen molar-refractivity contribution >= 4 is 11.0 Å². The lowest BCUT2D eigenvalue weighted by Crippen LogP contribution is -2.11. The summed E-state index contributed by atoms with van der Waals surface area (Å²) in [4.78, 5) is 13.6. The predicted octanol–water partition coefficient (Wildman–Crippen LogP) is 7.16. The third-order valence-corrected chi connectivity index (χ3v) is 6.48. The monoisotopic (exact) mass is 546 g/mol. The number of rotatable bonds is 6. The number of aryl methyl sites for hydroxylation is 2. The van der Waals surface area contributed by atoms with E-state index in [4.69, 9.17) is 18.6 Å². The van der Waals surface area contributed by atoms with E-state index in [1.807, 2.05) is 6.92 Å². The normalized spacial score (nSPS) is 13.0. The Hall–Kier alpha value is -4.08. The molecule has 1 aliphatic rings. The molecule has 10 heteroatoms. The molecule has 0 fully saturated rings. The van der Waals surface area contributed by atoms with E-state index in [0.717, 1.165) is 6.42 Å². The third kappa shape index (κ3) is 4.79. The fourth-order valence-electron chi connectivity index (χ4n) is 4.56. The summed E-state index contributed by atoms with van der Waals surface area (Å²) >= 11 is 0. The molecule has 0 spiro atoms. The molecule has 0 saturated heterocycles. The van der Waals surface area contributed by atoms with Crippen LogP contribution in [0.3, 0.4) is 0 Å². The van der Waals surface area contributed by atoms with Gasteiger partial charge in [0, 0.05) is 12.5 Å². The van der Waals surface area contributed by atoms with E-state index in [1.165, 1.54) is 6.07 Å². The Bertz CT molecular complexity index is 1620. The minimum absolute atomic E-state index is 0.0965. The Balaban J connectivity index is 1.56. The van der Waals surface area contributed by atoms with Crippen LogP contribution in [0.1, 0.15) is 36.7 Å². The maximum Gasteiger partial charge on any atom is 0.200 e. The number of benzene rings is 3. The zero-order chi connectivity index (χ0) is 27.8. The lowest BCUT2D eigenvalue weighted by Gasteiger charge is -2.15. The summed E-state index contributed by atoms with van der Waals surface area (Å²) in [5, 5.41) is 0.245. The highest BCUT2D eigenvalue weighted by Gasteiger charge is 2.26. The number of hydrogen-bond acceptors (Lipinski definition) is 5. The first kappa shape index (κ1) is 26.5. The van der Waals surface area contributed by atoms with Crippen LogP contribution in [-0.4, -0.2) is 13.2 Å². The van der Waals surface area contributed by atoms with Crippen molar-refractivity contribution < 1.29 is 40.6 Å². The van der Waals surface area contributed by atoms with Crippen LogP contribution in [-0.2, 0) is 13.0 Å². The molecule has 5 nitrogen and oxygen atoms in total. The van der Waals surface area contributed by atoms with Crippen molar-refractivity contribution in [1.82, 2.24) is 0 Å². The molecule has 0 bridgehead atoms. The Morgan fingerprint density at radius 1 is 0.872 bits per heavy atom. The minimum Gasteiger partial charge on any atom is -0.490 e. The summed E-state index contributed by atoms with van der Waals surface area (Å²) in [5.41, 5.74) is 0.146. The zero-order valence-corrected chi connectivity index (χ0v) is 21.1. The summed E-state index contributed by atoms with van der Waals surface area (Å²) in [5.74, 6) is -8.78. The van der Waals surface area contributed by atoms with Gasteiger partial charge >= 0.3 is 0 Å². The molecule has 1 aliphatic heterocycles. The van der Waals surface area contributed by atoms with Crippen LogP contribution in [0.4, 0.5) is 22.0 Å². The van der Waals surface area contributed by atoms with Crippen molar-refractivity contribution in [2.75, 3.05) is 13.2 Å². The quantitative estimate of drug-likeness (QED) is 0.146. The summed E-state index contributed by atoms with van der Waals surface area (Å²) < 4.78 is 91.9. The Labute approximate surface area is 219 Å². The number of hydrogen-bond donors (Lipinski definition) is 0. The van der Waals surface area contributed by atoms with Crippen molar-refractivity contribution in [3.8, 4) is 28.4 Å². The molecule has 1 aromatic heterocycles. The number of fused-ring (bicyclic) bond motifs is 2. The SMILES string of the molecule is CCCc1cc2c(=O)c(-c3ccc4c(c3)OCCCO4)c(C)oc2cc1OCc1c(F)c(F)c(F)c(F)c1F. The van der Waals surface area contributed by atoms with E-state index in [0.29, 0.717) is 60.0 Å². The van der Waals surface area contributed by atoms with E-state index in [-0.39, 0.29) is 22.1 Å². The van der Waals surface area contributed by atoms with Crippen molar-refractivity contribution in [1.29, 1.82) is 0 Å². The minimum atomic E-state index is -2.24. The van der Waals surface area contributed by atoms with Crippen molar-refractivity contribution in [2.24, 2.45) is 0 Å². The summed E-state index contributed by atoms with van der Waals surface area (Å²) in [6.07, 6.45) is 1.77. The zero-order valence-electron chi connectivity index (χ0n) is 21.1. The predicted molar refractivity (Wildman–Crippen MR) is 133 cm³/mol. The van der Waals surface area contributed by atoms with Gasteiger partial charge in [-0.2, -0.15) is 0 Å². The van der Waals surface area contributed by atoms with Gasteiger partial charge in [-0.25, -0.2) is 22.0 Å². The molecule has 0 saturated carbocycles. The van der Waals surface area contributed by atoms with Gasteiger partial charge in [0.15, 0.2) is 34.8 Å². The fourth-order valence-corrected chi connectivity index (χ4v) is 4.56. The van der Waals surface area contributed by atoms with Crippen LogP contribution >= 0.6 is 0 Å². The van der Waals surface area contributed by atoms with Gasteiger partial charge in [-0.1, -0.05) is 19.4 Å². The lowest BCUT2D eigenvalue weighted by atomic mass is 9.99. The van der Waals surface area contributed by atoms with Crippen LogP contribution in [0.25, 0.3) is 22.1 Å². The van der Waals surface area contributed by atoms with E-state index >= 15 is 0 Å². The third-order valence-electron chi connectivity index (χ3n) is 6.48. The maximum absolute atomic E-state index is 14.2. The van der Waals surface area contributed by atoms with Crippen LogP contribution in [0.5, 0.6) is 17.2 Å². The molecule has 0 amide bonds. The van der Waals surface area contributed by atoms with Gasteiger partial charge in [-0.05, 0) is 42.7 Å². The van der Waals surface area contributed by atoms with Crippen molar-refractivity contribution in [2.45, 2.75) is 39.7 Å². The first-order valence-electron chi connectivity index (χ1n) is 12.3. The first-order valence-corrected chi connectivity index (χ1v) is 12.3. The smallest absolute Gasteiger partial charge is 0.200 e. The van der Waals surface area contributed by atoms with Gasteiger partial charge in [0.2, 0.25) is 11.2 Å². The molecular weight excluding hydrogens is 523 g/mol. The van der Waals surface area contributed by atoms with Crippen LogP contribution in [0.15, 0.2) is 39.5 Å². The number of halogens is 5. The summed E-state index contributed by atoms with van der Waals surface area (Å²) in [6.45, 7) is 3.58. The average molecular weight is 546 g/mol. The maximum atomic E-state index is 14.2. The first-order chi connectivity index (χ1) is 18.7. The second kappa shape index (κ2) is 10.6. The van der Waals surface area contributed by atoms with Gasteiger partial charge in [0.1, 0.15) is 23.7 Å². The van der Waals surface area contributed by atoms with Crippen molar-refractivity contribution in [3.63, 3.8) is 0 Å². The number of ether oxygens (including phenoxy) is 3. The van der Waals surface area contributed by atoms with Crippen LogP contribution in [0, 0.1) is 36.0 Å². The second-order valence-electron chi connectivity index (χ2n) is 9.12. The molecule has 5 rings (SSSR count). The van der Waals surface area contributed by atoms with Gasteiger partial charge in [0.25, 0.3) is 0 Å². The molecule has 3 aromatic carbocycles. The highest BCUT2D eigenvalue weighted by molar-refractivity contribution is 5.85. The van der Waals surface area contributed by atoms with Crippen LogP contribution in [0.2, 0.25) is 0 Å². The highest BCUT2D eigenvalue weighted by Crippen LogP contribution is 2.36. The average Bonchev–Trinajstić information content (AvgIpc) is 3.16. The molecule has 2 heterocycles. The van der Waals surface area contributed by atoms with E-state index in [1.54, 1.807) is 31.2 Å². The molecule has 204 valence electrons. The molecule has 39 heavy (non-hydrogen) atoms. The molecule has 0 aliphatic carbocycles. The Kier molecular flexibility index (Phi) is 7.20. The van der Waals surface area contributed by atoms with Gasteiger partial charge in [0.05, 0.1) is 29.7 Å². The molecule has 0 atom stereocenters. The van der Waals surface area contributed by atoms with E-state index < -0.39 is 41.3 Å². The van der Waals surface area contributed by atoms with E-state index in [9.17, 15) is 26.7 Å². The molecular formula is C29H23F5O5. The largest absolute Gasteiger partial charge is 0.490 e. The molecule has 0 radical (unpaired) electrons. The molecule has 0 N–H and O–H groups in total. The lowest BCUT2D eigenvalue weighted by molar-refractivity contribution is 0.277. The standard InChI is InChI=1S/C29H23F5O5/c1-3-5-15-10-17-21(12-20(15)38-13-18-24(30)26(32)28(34)27(33)25(18)31)39-14(2)23(29(17)35)16-6-7-19-22(11-16)37-9-4-8-36-19/h6-7,10-12H,3-5,8-9,13H2,1-2H3. The summed E-state index contributed by atoms with van der Waals surface area (Å²) in [7, 11) is 0. The van der Waals surface area contributed by atoms with Crippen LogP contribution < -0.4 is 19.6 Å². The van der Waals surface area contributed by atoms with Crippen molar-refractivity contribution in [3.05, 3.63) is 86.5 Å². The Morgan fingerprint density at radius 3 is 2.23 bits per heavy atom. The van der Waals surface area contributed by atoms with Gasteiger partial charge in [-0.15, -0.1) is 0 Å². The topological polar surface area (TPSA) is 57.9 Å². The Morgan fingerprint density at radius 2 is 1.54 bits per heavy atom. The van der Waals surface area contributed by atoms with Gasteiger partial charge in [-0.3, -0.25) is 4.79 Å². The fraction of sp³-hybridized carbons (Fsp3) is 0.276. The highest BCUT2D eigenvalue weighted by atomic mass is 19.2.